The van der Waals surface area contributed by atoms with Crippen LogP contribution in [0.15, 0.2) is 30.6 Å². The van der Waals surface area contributed by atoms with Gasteiger partial charge in [0.15, 0.2) is 5.82 Å². The van der Waals surface area contributed by atoms with Crippen LogP contribution in [0.1, 0.15) is 19.4 Å². The quantitative estimate of drug-likeness (QED) is 0.862. The maximum atomic E-state index is 5.96. The molecule has 0 bridgehead atoms. The van der Waals surface area contributed by atoms with E-state index in [-0.39, 0.29) is 0 Å². The summed E-state index contributed by atoms with van der Waals surface area (Å²) in [5.41, 5.74) is 8.60. The molecule has 2 aromatic rings. The Bertz CT molecular complexity index is 540. The number of anilines is 3. The van der Waals surface area contributed by atoms with Crippen molar-refractivity contribution in [2.45, 2.75) is 20.3 Å². The molecule has 0 aliphatic heterocycles. The molecule has 2 rings (SSSR count). The second-order valence-electron chi connectivity index (χ2n) is 4.05. The lowest BCUT2D eigenvalue weighted by atomic mass is 10.1. The summed E-state index contributed by atoms with van der Waals surface area (Å²) in [5.74, 6) is 0.966. The molecule has 100 valence electrons. The fourth-order valence-electron chi connectivity index (χ4n) is 1.69. The van der Waals surface area contributed by atoms with E-state index in [2.05, 4.69) is 34.3 Å². The van der Waals surface area contributed by atoms with Crippen molar-refractivity contribution in [3.8, 4) is 5.88 Å². The first kappa shape index (κ1) is 13.1. The molecule has 1 aromatic heterocycles. The van der Waals surface area contributed by atoms with Gasteiger partial charge in [-0.2, -0.15) is 4.98 Å². The largest absolute Gasteiger partial charge is 0.476 e. The Morgan fingerprint density at radius 2 is 1.89 bits per heavy atom. The van der Waals surface area contributed by atoms with Crippen molar-refractivity contribution in [2.24, 2.45) is 0 Å². The molecule has 0 amide bonds. The van der Waals surface area contributed by atoms with E-state index in [1.807, 2.05) is 19.1 Å². The highest BCUT2D eigenvalue weighted by molar-refractivity contribution is 5.72. The molecule has 1 heterocycles. The maximum absolute atomic E-state index is 5.96. The van der Waals surface area contributed by atoms with Crippen LogP contribution in [0.4, 0.5) is 17.2 Å². The fraction of sp³-hybridized carbons (Fsp3) is 0.286. The highest BCUT2D eigenvalue weighted by atomic mass is 16.5. The van der Waals surface area contributed by atoms with Crippen LogP contribution in [0.5, 0.6) is 5.88 Å². The minimum atomic E-state index is 0.408. The van der Waals surface area contributed by atoms with Crippen LogP contribution in [0.3, 0.4) is 0 Å². The standard InChI is InChI=1S/C14H18N4O/c1-3-10-5-7-11(8-6-10)18-13-12(15)14(19-4-2)17-9-16-13/h5-9H,3-4,15H2,1-2H3,(H,16,17,18). The summed E-state index contributed by atoms with van der Waals surface area (Å²) < 4.78 is 5.34. The molecule has 0 atom stereocenters. The van der Waals surface area contributed by atoms with Gasteiger partial charge in [-0.25, -0.2) is 4.98 Å². The van der Waals surface area contributed by atoms with Gasteiger partial charge in [-0.05, 0) is 31.0 Å². The average Bonchev–Trinajstić information content (AvgIpc) is 2.44. The third-order valence-electron chi connectivity index (χ3n) is 2.75. The summed E-state index contributed by atoms with van der Waals surface area (Å²) in [6, 6.07) is 8.15. The highest BCUT2D eigenvalue weighted by Gasteiger charge is 2.08. The Balaban J connectivity index is 2.20. The van der Waals surface area contributed by atoms with Crippen molar-refractivity contribution in [3.05, 3.63) is 36.2 Å². The smallest absolute Gasteiger partial charge is 0.242 e. The number of nitrogens with one attached hydrogen (secondary N) is 1. The Kier molecular flexibility index (Phi) is 4.18. The summed E-state index contributed by atoms with van der Waals surface area (Å²) >= 11 is 0. The molecule has 5 heteroatoms. The predicted molar refractivity (Wildman–Crippen MR) is 76.7 cm³/mol. The van der Waals surface area contributed by atoms with E-state index in [0.717, 1.165) is 12.1 Å². The lowest BCUT2D eigenvalue weighted by Gasteiger charge is -2.11. The minimum absolute atomic E-state index is 0.408. The Labute approximate surface area is 112 Å². The molecule has 0 aliphatic rings. The summed E-state index contributed by atoms with van der Waals surface area (Å²) in [7, 11) is 0. The van der Waals surface area contributed by atoms with Crippen molar-refractivity contribution < 1.29 is 4.74 Å². The van der Waals surface area contributed by atoms with Crippen LogP contribution in [0.2, 0.25) is 0 Å². The number of hydrogen-bond acceptors (Lipinski definition) is 5. The summed E-state index contributed by atoms with van der Waals surface area (Å²) in [5, 5.41) is 3.17. The van der Waals surface area contributed by atoms with Gasteiger partial charge < -0.3 is 15.8 Å². The molecule has 0 fully saturated rings. The van der Waals surface area contributed by atoms with Crippen LogP contribution < -0.4 is 15.8 Å². The fourth-order valence-corrected chi connectivity index (χ4v) is 1.69. The van der Waals surface area contributed by atoms with E-state index in [1.165, 1.54) is 11.9 Å². The number of nitrogen functional groups attached to an aromatic ring is 1. The van der Waals surface area contributed by atoms with Crippen LogP contribution in [-0.4, -0.2) is 16.6 Å². The van der Waals surface area contributed by atoms with Gasteiger partial charge in [0.05, 0.1) is 6.61 Å². The molecule has 0 spiro atoms. The van der Waals surface area contributed by atoms with Crippen molar-refractivity contribution in [1.82, 2.24) is 9.97 Å². The second kappa shape index (κ2) is 6.04. The number of nitrogens with zero attached hydrogens (tertiary/aromatic N) is 2. The SMILES string of the molecule is CCOc1ncnc(Nc2ccc(CC)cc2)c1N. The molecule has 3 N–H and O–H groups in total. The van der Waals surface area contributed by atoms with Crippen LogP contribution >= 0.6 is 0 Å². The number of benzene rings is 1. The number of ether oxygens (including phenoxy) is 1. The third kappa shape index (κ3) is 3.13. The van der Waals surface area contributed by atoms with Gasteiger partial charge in [0.2, 0.25) is 5.88 Å². The Morgan fingerprint density at radius 3 is 2.53 bits per heavy atom. The number of hydrogen-bond donors (Lipinski definition) is 2. The first-order valence-corrected chi connectivity index (χ1v) is 6.33. The van der Waals surface area contributed by atoms with Gasteiger partial charge in [-0.1, -0.05) is 19.1 Å². The summed E-state index contributed by atoms with van der Waals surface area (Å²) in [6.07, 6.45) is 2.45. The molecule has 0 radical (unpaired) electrons. The van der Waals surface area contributed by atoms with Gasteiger partial charge in [-0.3, -0.25) is 0 Å². The van der Waals surface area contributed by atoms with E-state index < -0.39 is 0 Å². The zero-order valence-corrected chi connectivity index (χ0v) is 11.2. The van der Waals surface area contributed by atoms with E-state index in [0.29, 0.717) is 24.0 Å². The predicted octanol–water partition coefficient (Wildman–Crippen LogP) is 2.76. The monoisotopic (exact) mass is 258 g/mol. The van der Waals surface area contributed by atoms with E-state index in [4.69, 9.17) is 10.5 Å². The topological polar surface area (TPSA) is 73.1 Å². The second-order valence-corrected chi connectivity index (χ2v) is 4.05. The highest BCUT2D eigenvalue weighted by Crippen LogP contribution is 2.27. The number of nitrogens with two attached hydrogens (primary N) is 1. The number of aryl methyl sites for hydroxylation is 1. The van der Waals surface area contributed by atoms with E-state index in [1.54, 1.807) is 0 Å². The van der Waals surface area contributed by atoms with Gasteiger partial charge >= 0.3 is 0 Å². The van der Waals surface area contributed by atoms with Crippen LogP contribution in [-0.2, 0) is 6.42 Å². The molecular weight excluding hydrogens is 240 g/mol. The zero-order valence-electron chi connectivity index (χ0n) is 11.2. The molecule has 0 aliphatic carbocycles. The Morgan fingerprint density at radius 1 is 1.16 bits per heavy atom. The normalized spacial score (nSPS) is 10.2. The Hall–Kier alpha value is -2.30. The molecule has 19 heavy (non-hydrogen) atoms. The zero-order chi connectivity index (χ0) is 13.7. The molecule has 0 saturated heterocycles. The molecule has 0 unspecified atom stereocenters. The summed E-state index contributed by atoms with van der Waals surface area (Å²) in [6.45, 7) is 4.53. The van der Waals surface area contributed by atoms with Gasteiger partial charge in [0.1, 0.15) is 12.0 Å². The number of aromatic nitrogens is 2. The third-order valence-corrected chi connectivity index (χ3v) is 2.75. The summed E-state index contributed by atoms with van der Waals surface area (Å²) in [4.78, 5) is 8.13. The van der Waals surface area contributed by atoms with E-state index in [9.17, 15) is 0 Å². The van der Waals surface area contributed by atoms with Crippen molar-refractivity contribution >= 4 is 17.2 Å². The molecule has 0 saturated carbocycles. The molecular formula is C14H18N4O. The lowest BCUT2D eigenvalue weighted by Crippen LogP contribution is -2.05. The van der Waals surface area contributed by atoms with Gasteiger partial charge in [-0.15, -0.1) is 0 Å². The first-order chi connectivity index (χ1) is 9.24. The molecule has 5 nitrogen and oxygen atoms in total. The van der Waals surface area contributed by atoms with Gasteiger partial charge in [0, 0.05) is 5.69 Å². The van der Waals surface area contributed by atoms with E-state index >= 15 is 0 Å². The van der Waals surface area contributed by atoms with Crippen molar-refractivity contribution in [2.75, 3.05) is 17.7 Å². The number of rotatable bonds is 5. The van der Waals surface area contributed by atoms with Crippen molar-refractivity contribution in [1.29, 1.82) is 0 Å². The van der Waals surface area contributed by atoms with Crippen LogP contribution in [0, 0.1) is 0 Å². The minimum Gasteiger partial charge on any atom is -0.476 e. The van der Waals surface area contributed by atoms with Crippen LogP contribution in [0.25, 0.3) is 0 Å². The average molecular weight is 258 g/mol. The molecule has 1 aromatic carbocycles. The maximum Gasteiger partial charge on any atom is 0.242 e. The van der Waals surface area contributed by atoms with Crippen molar-refractivity contribution in [3.63, 3.8) is 0 Å². The van der Waals surface area contributed by atoms with Gasteiger partial charge in [0.25, 0.3) is 0 Å². The lowest BCUT2D eigenvalue weighted by molar-refractivity contribution is 0.328. The first-order valence-electron chi connectivity index (χ1n) is 6.33.